The molecule has 0 atom stereocenters. The van der Waals surface area contributed by atoms with Crippen molar-refractivity contribution in [1.82, 2.24) is 15.5 Å². The predicted molar refractivity (Wildman–Crippen MR) is 133 cm³/mol. The maximum atomic E-state index is 12.1. The molecule has 8 nitrogen and oxygen atoms in total. The summed E-state index contributed by atoms with van der Waals surface area (Å²) in [4.78, 5) is 31.9. The molecule has 2 N–H and O–H groups in total. The standard InChI is InChI=1S/C22H33N5O3.HI/c1-22(2,3)30-21(29)26-14-17(15-26)25-20(23-4)24-13-16-8-10-18(11-9-16)27-12-6-5-7-19(27)28;/h8-11,17H,5-7,12-15H2,1-4H3,(H2,23,24,25);1H. The fourth-order valence-electron chi connectivity index (χ4n) is 3.49. The lowest BCUT2D eigenvalue weighted by Gasteiger charge is -2.40. The Kier molecular flexibility index (Phi) is 8.96. The number of amides is 2. The number of ether oxygens (including phenoxy) is 1. The van der Waals surface area contributed by atoms with Crippen molar-refractivity contribution in [2.75, 3.05) is 31.6 Å². The molecule has 0 saturated carbocycles. The highest BCUT2D eigenvalue weighted by atomic mass is 127. The first-order valence-electron chi connectivity index (χ1n) is 10.6. The molecule has 2 fully saturated rings. The molecule has 9 heteroatoms. The van der Waals surface area contributed by atoms with Crippen LogP contribution in [0.2, 0.25) is 0 Å². The number of piperidine rings is 1. The highest BCUT2D eigenvalue weighted by molar-refractivity contribution is 14.0. The largest absolute Gasteiger partial charge is 0.444 e. The second-order valence-corrected chi connectivity index (χ2v) is 8.82. The van der Waals surface area contributed by atoms with Crippen LogP contribution in [0.15, 0.2) is 29.3 Å². The number of carbonyl (C=O) groups excluding carboxylic acids is 2. The minimum Gasteiger partial charge on any atom is -0.444 e. The Bertz CT molecular complexity index is 785. The van der Waals surface area contributed by atoms with E-state index in [0.717, 1.165) is 30.6 Å². The number of guanidine groups is 1. The van der Waals surface area contributed by atoms with Gasteiger partial charge in [-0.15, -0.1) is 24.0 Å². The number of benzene rings is 1. The zero-order valence-corrected chi connectivity index (χ0v) is 21.1. The molecule has 2 saturated heterocycles. The number of nitrogens with zero attached hydrogens (tertiary/aromatic N) is 3. The molecular weight excluding hydrogens is 509 g/mol. The molecule has 1 aromatic rings. The van der Waals surface area contributed by atoms with Gasteiger partial charge in [-0.05, 0) is 51.3 Å². The van der Waals surface area contributed by atoms with Crippen LogP contribution in [-0.4, -0.2) is 61.2 Å². The fourth-order valence-corrected chi connectivity index (χ4v) is 3.49. The van der Waals surface area contributed by atoms with E-state index in [0.29, 0.717) is 32.0 Å². The van der Waals surface area contributed by atoms with Crippen LogP contribution in [0.3, 0.4) is 0 Å². The Morgan fingerprint density at radius 2 is 1.87 bits per heavy atom. The molecular formula is C22H34IN5O3. The molecule has 3 rings (SSSR count). The minimum absolute atomic E-state index is 0. The third kappa shape index (κ3) is 7.26. The molecule has 2 amide bonds. The lowest BCUT2D eigenvalue weighted by Crippen LogP contribution is -2.63. The molecule has 1 aromatic carbocycles. The summed E-state index contributed by atoms with van der Waals surface area (Å²) in [6.07, 6.45) is 2.40. The summed E-state index contributed by atoms with van der Waals surface area (Å²) >= 11 is 0. The Balaban J connectivity index is 0.00000341. The number of anilines is 1. The number of carbonyl (C=O) groups is 2. The van der Waals surface area contributed by atoms with Crippen LogP contribution in [0.1, 0.15) is 45.6 Å². The van der Waals surface area contributed by atoms with Crippen LogP contribution < -0.4 is 15.5 Å². The summed E-state index contributed by atoms with van der Waals surface area (Å²) in [5.74, 6) is 0.900. The van der Waals surface area contributed by atoms with Gasteiger partial charge < -0.3 is 25.2 Å². The lowest BCUT2D eigenvalue weighted by atomic mass is 10.1. The molecule has 0 spiro atoms. The third-order valence-electron chi connectivity index (χ3n) is 5.13. The molecule has 0 radical (unpaired) electrons. The predicted octanol–water partition coefficient (Wildman–Crippen LogP) is 3.11. The Hall–Kier alpha value is -2.04. The van der Waals surface area contributed by atoms with Crippen molar-refractivity contribution in [2.45, 2.75) is 58.2 Å². The van der Waals surface area contributed by atoms with Gasteiger partial charge in [-0.2, -0.15) is 0 Å². The molecule has 31 heavy (non-hydrogen) atoms. The van der Waals surface area contributed by atoms with E-state index in [1.165, 1.54) is 0 Å². The smallest absolute Gasteiger partial charge is 0.410 e. The second-order valence-electron chi connectivity index (χ2n) is 8.82. The minimum atomic E-state index is -0.482. The van der Waals surface area contributed by atoms with Crippen molar-refractivity contribution >= 4 is 47.6 Å². The van der Waals surface area contributed by atoms with E-state index in [4.69, 9.17) is 4.74 Å². The van der Waals surface area contributed by atoms with Crippen LogP contribution in [0.4, 0.5) is 10.5 Å². The molecule has 2 heterocycles. The van der Waals surface area contributed by atoms with Crippen LogP contribution in [0.5, 0.6) is 0 Å². The summed E-state index contributed by atoms with van der Waals surface area (Å²) in [5.41, 5.74) is 1.59. The topological polar surface area (TPSA) is 86.3 Å². The number of nitrogens with one attached hydrogen (secondary N) is 2. The molecule has 2 aliphatic heterocycles. The van der Waals surface area contributed by atoms with Gasteiger partial charge in [-0.25, -0.2) is 4.79 Å². The van der Waals surface area contributed by atoms with Crippen molar-refractivity contribution in [3.05, 3.63) is 29.8 Å². The monoisotopic (exact) mass is 543 g/mol. The van der Waals surface area contributed by atoms with Crippen molar-refractivity contribution in [1.29, 1.82) is 0 Å². The maximum Gasteiger partial charge on any atom is 0.410 e. The van der Waals surface area contributed by atoms with Gasteiger partial charge in [0.05, 0.1) is 6.04 Å². The van der Waals surface area contributed by atoms with Crippen LogP contribution >= 0.6 is 24.0 Å². The van der Waals surface area contributed by atoms with E-state index in [9.17, 15) is 9.59 Å². The summed E-state index contributed by atoms with van der Waals surface area (Å²) in [7, 11) is 1.73. The number of hydrogen-bond acceptors (Lipinski definition) is 4. The first-order valence-corrected chi connectivity index (χ1v) is 10.6. The Morgan fingerprint density at radius 3 is 2.45 bits per heavy atom. The van der Waals surface area contributed by atoms with E-state index >= 15 is 0 Å². The number of hydrogen-bond donors (Lipinski definition) is 2. The summed E-state index contributed by atoms with van der Waals surface area (Å²) in [5, 5.41) is 6.63. The molecule has 0 aromatic heterocycles. The van der Waals surface area contributed by atoms with Crippen LogP contribution in [-0.2, 0) is 16.1 Å². The summed E-state index contributed by atoms with van der Waals surface area (Å²) < 4.78 is 5.38. The van der Waals surface area contributed by atoms with Crippen molar-refractivity contribution in [3.63, 3.8) is 0 Å². The number of aliphatic imine (C=N–C) groups is 1. The van der Waals surface area contributed by atoms with E-state index in [-0.39, 0.29) is 42.0 Å². The van der Waals surface area contributed by atoms with Gasteiger partial charge in [0.25, 0.3) is 0 Å². The fraction of sp³-hybridized carbons (Fsp3) is 0.591. The van der Waals surface area contributed by atoms with E-state index < -0.39 is 5.60 Å². The van der Waals surface area contributed by atoms with Crippen molar-refractivity contribution in [2.24, 2.45) is 4.99 Å². The third-order valence-corrected chi connectivity index (χ3v) is 5.13. The summed E-state index contributed by atoms with van der Waals surface area (Å²) in [6.45, 7) is 8.20. The van der Waals surface area contributed by atoms with E-state index in [1.807, 2.05) is 49.9 Å². The SMILES string of the molecule is CN=C(NCc1ccc(N2CCCCC2=O)cc1)NC1CN(C(=O)OC(C)(C)C)C1.I. The van der Waals surface area contributed by atoms with Gasteiger partial charge >= 0.3 is 6.09 Å². The Labute approximate surface area is 201 Å². The first kappa shape index (κ1) is 25.2. The van der Waals surface area contributed by atoms with Crippen LogP contribution in [0, 0.1) is 0 Å². The molecule has 172 valence electrons. The second kappa shape index (κ2) is 11.0. The number of rotatable bonds is 4. The zero-order valence-electron chi connectivity index (χ0n) is 18.8. The average molecular weight is 543 g/mol. The molecule has 0 unspecified atom stereocenters. The van der Waals surface area contributed by atoms with Gasteiger partial charge in [0.2, 0.25) is 5.91 Å². The molecule has 2 aliphatic rings. The van der Waals surface area contributed by atoms with Gasteiger partial charge in [0.1, 0.15) is 5.60 Å². The number of likely N-dealkylation sites (tertiary alicyclic amines) is 1. The molecule has 0 aliphatic carbocycles. The number of halogens is 1. The van der Waals surface area contributed by atoms with E-state index in [2.05, 4.69) is 15.6 Å². The highest BCUT2D eigenvalue weighted by Crippen LogP contribution is 2.21. The van der Waals surface area contributed by atoms with E-state index in [1.54, 1.807) is 11.9 Å². The quantitative estimate of drug-likeness (QED) is 0.347. The van der Waals surface area contributed by atoms with Gasteiger partial charge in [0.15, 0.2) is 5.96 Å². The lowest BCUT2D eigenvalue weighted by molar-refractivity contribution is -0.119. The van der Waals surface area contributed by atoms with Gasteiger partial charge in [-0.3, -0.25) is 9.79 Å². The summed E-state index contributed by atoms with van der Waals surface area (Å²) in [6, 6.07) is 8.22. The first-order chi connectivity index (χ1) is 14.2. The average Bonchev–Trinajstić information content (AvgIpc) is 2.66. The van der Waals surface area contributed by atoms with Crippen molar-refractivity contribution < 1.29 is 14.3 Å². The molecule has 0 bridgehead atoms. The Morgan fingerprint density at radius 1 is 1.19 bits per heavy atom. The maximum absolute atomic E-state index is 12.1. The normalized spacial score (nSPS) is 17.5. The highest BCUT2D eigenvalue weighted by Gasteiger charge is 2.34. The zero-order chi connectivity index (χ0) is 21.7. The van der Waals surface area contributed by atoms with Gasteiger partial charge in [0, 0.05) is 45.3 Å². The van der Waals surface area contributed by atoms with Crippen LogP contribution in [0.25, 0.3) is 0 Å². The van der Waals surface area contributed by atoms with Gasteiger partial charge in [-0.1, -0.05) is 12.1 Å². The van der Waals surface area contributed by atoms with Crippen molar-refractivity contribution in [3.8, 4) is 0 Å².